The van der Waals surface area contributed by atoms with E-state index in [4.69, 9.17) is 4.43 Å². The second kappa shape index (κ2) is 6.86. The number of carbonyl (C=O) groups is 1. The molecule has 0 bridgehead atoms. The van der Waals surface area contributed by atoms with Gasteiger partial charge in [0, 0.05) is 6.54 Å². The molecule has 1 saturated heterocycles. The predicted octanol–water partition coefficient (Wildman–Crippen LogP) is 3.95. The zero-order chi connectivity index (χ0) is 19.0. The van der Waals surface area contributed by atoms with E-state index in [1.54, 1.807) is 0 Å². The molecule has 1 fully saturated rings. The normalized spacial score (nSPS) is 25.7. The van der Waals surface area contributed by atoms with Gasteiger partial charge in [-0.3, -0.25) is 4.79 Å². The maximum absolute atomic E-state index is 12.4. The molecule has 0 aromatic heterocycles. The van der Waals surface area contributed by atoms with Gasteiger partial charge in [0.15, 0.2) is 14.4 Å². The Kier molecular flexibility index (Phi) is 5.52. The van der Waals surface area contributed by atoms with Crippen LogP contribution in [0.15, 0.2) is 30.3 Å². The largest absolute Gasteiger partial charge is 0.412 e. The van der Waals surface area contributed by atoms with Crippen LogP contribution < -0.4 is 0 Å². The quantitative estimate of drug-likeness (QED) is 0.615. The third kappa shape index (κ3) is 3.42. The molecular weight excluding hydrogens is 330 g/mol. The van der Waals surface area contributed by atoms with E-state index in [-0.39, 0.29) is 17.0 Å². The highest BCUT2D eigenvalue weighted by Gasteiger charge is 2.62. The first-order chi connectivity index (χ1) is 11.5. The van der Waals surface area contributed by atoms with Crippen LogP contribution in [0.25, 0.3) is 0 Å². The highest BCUT2D eigenvalue weighted by atomic mass is 28.4. The van der Waals surface area contributed by atoms with Crippen molar-refractivity contribution in [3.63, 3.8) is 0 Å². The van der Waals surface area contributed by atoms with E-state index in [1.165, 1.54) is 0 Å². The molecular formula is C20H33NO3Si. The lowest BCUT2D eigenvalue weighted by Gasteiger charge is -2.59. The van der Waals surface area contributed by atoms with Crippen LogP contribution in [0.5, 0.6) is 0 Å². The molecule has 140 valence electrons. The van der Waals surface area contributed by atoms with Crippen LogP contribution in [0.2, 0.25) is 18.1 Å². The number of β-lactam (4-membered cyclic amide) rings is 1. The first-order valence-electron chi connectivity index (χ1n) is 9.18. The third-order valence-electron chi connectivity index (χ3n) is 6.21. The average Bonchev–Trinajstić information content (AvgIpc) is 2.53. The number of amides is 1. The molecule has 3 atom stereocenters. The van der Waals surface area contributed by atoms with E-state index in [0.29, 0.717) is 13.0 Å². The smallest absolute Gasteiger partial charge is 0.254 e. The zero-order valence-electron chi connectivity index (χ0n) is 16.7. The maximum Gasteiger partial charge on any atom is 0.254 e. The van der Waals surface area contributed by atoms with E-state index >= 15 is 0 Å². The van der Waals surface area contributed by atoms with Gasteiger partial charge in [0.1, 0.15) is 5.54 Å². The van der Waals surface area contributed by atoms with Crippen molar-refractivity contribution in [3.05, 3.63) is 35.9 Å². The minimum absolute atomic E-state index is 0.0825. The topological polar surface area (TPSA) is 49.8 Å². The van der Waals surface area contributed by atoms with E-state index in [9.17, 15) is 9.90 Å². The molecule has 1 amide bonds. The van der Waals surface area contributed by atoms with E-state index in [2.05, 4.69) is 33.9 Å². The van der Waals surface area contributed by atoms with E-state index in [1.807, 2.05) is 49.1 Å². The summed E-state index contributed by atoms with van der Waals surface area (Å²) in [6.07, 6.45) is -0.529. The summed E-state index contributed by atoms with van der Waals surface area (Å²) in [5.41, 5.74) is 0.419. The first-order valence-corrected chi connectivity index (χ1v) is 12.1. The number of hydrogen-bond donors (Lipinski definition) is 1. The molecule has 1 aromatic rings. The van der Waals surface area contributed by atoms with Crippen LogP contribution in [0, 0.1) is 0 Å². The van der Waals surface area contributed by atoms with Crippen molar-refractivity contribution in [2.24, 2.45) is 0 Å². The molecule has 1 aromatic carbocycles. The van der Waals surface area contributed by atoms with E-state index < -0.39 is 20.0 Å². The molecule has 0 saturated carbocycles. The summed E-state index contributed by atoms with van der Waals surface area (Å²) in [5.74, 6) is -0.198. The SMILES string of the molecule is CC[C@@]1([C@H](C)O[Si](C)(C)C(C)(C)C)[C@H](O)C(=O)N1Cc1ccccc1. The van der Waals surface area contributed by atoms with Gasteiger partial charge in [0.25, 0.3) is 5.91 Å². The summed E-state index contributed by atoms with van der Waals surface area (Å²) in [6.45, 7) is 15.6. The van der Waals surface area contributed by atoms with Crippen molar-refractivity contribution in [3.8, 4) is 0 Å². The second-order valence-corrected chi connectivity index (χ2v) is 13.4. The number of nitrogens with zero attached hydrogens (tertiary/aromatic N) is 1. The van der Waals surface area contributed by atoms with Crippen molar-refractivity contribution in [2.75, 3.05) is 0 Å². The van der Waals surface area contributed by atoms with Gasteiger partial charge in [-0.2, -0.15) is 0 Å². The number of hydrogen-bond acceptors (Lipinski definition) is 3. The Labute approximate surface area is 153 Å². The molecule has 1 heterocycles. The lowest BCUT2D eigenvalue weighted by atomic mass is 9.74. The number of aliphatic hydroxyl groups excluding tert-OH is 1. The number of carbonyl (C=O) groups excluding carboxylic acids is 1. The van der Waals surface area contributed by atoms with Gasteiger partial charge < -0.3 is 14.4 Å². The summed E-state index contributed by atoms with van der Waals surface area (Å²) in [6, 6.07) is 9.93. The standard InChI is InChI=1S/C20H33NO3Si/c1-8-20(15(2)24-25(6,7)19(3,4)5)17(22)18(23)21(20)14-16-12-10-9-11-13-16/h9-13,15,17,22H,8,14H2,1-7H3/t15-,17+,20+/m0/s1. The summed E-state index contributed by atoms with van der Waals surface area (Å²) in [7, 11) is -2.00. The number of benzene rings is 1. The molecule has 1 aliphatic rings. The first kappa shape index (κ1) is 20.1. The molecule has 2 rings (SSSR count). The molecule has 0 radical (unpaired) electrons. The zero-order valence-corrected chi connectivity index (χ0v) is 17.7. The Bertz CT molecular complexity index is 611. The number of likely N-dealkylation sites (tertiary alicyclic amines) is 1. The van der Waals surface area contributed by atoms with Crippen molar-refractivity contribution in [2.45, 2.75) is 83.5 Å². The highest BCUT2D eigenvalue weighted by Crippen LogP contribution is 2.45. The molecule has 25 heavy (non-hydrogen) atoms. The van der Waals surface area contributed by atoms with Crippen LogP contribution in [0.3, 0.4) is 0 Å². The number of aliphatic hydroxyl groups is 1. The van der Waals surface area contributed by atoms with Gasteiger partial charge in [-0.15, -0.1) is 0 Å². The molecule has 1 aliphatic heterocycles. The van der Waals surface area contributed by atoms with Crippen molar-refractivity contribution >= 4 is 14.2 Å². The van der Waals surface area contributed by atoms with Crippen LogP contribution in [0.4, 0.5) is 0 Å². The molecule has 0 spiro atoms. The van der Waals surface area contributed by atoms with Crippen LogP contribution in [-0.2, 0) is 15.8 Å². The summed E-state index contributed by atoms with van der Waals surface area (Å²) >= 11 is 0. The summed E-state index contributed by atoms with van der Waals surface area (Å²) in [4.78, 5) is 14.2. The molecule has 0 aliphatic carbocycles. The Hall–Kier alpha value is -1.17. The van der Waals surface area contributed by atoms with Gasteiger partial charge in [-0.05, 0) is 37.0 Å². The fourth-order valence-corrected chi connectivity index (χ4v) is 4.91. The minimum Gasteiger partial charge on any atom is -0.412 e. The van der Waals surface area contributed by atoms with Gasteiger partial charge >= 0.3 is 0 Å². The highest BCUT2D eigenvalue weighted by molar-refractivity contribution is 6.74. The molecule has 1 N–H and O–H groups in total. The van der Waals surface area contributed by atoms with Crippen molar-refractivity contribution in [1.29, 1.82) is 0 Å². The van der Waals surface area contributed by atoms with Gasteiger partial charge in [0.05, 0.1) is 6.10 Å². The third-order valence-corrected chi connectivity index (χ3v) is 10.8. The second-order valence-electron chi connectivity index (χ2n) is 8.68. The van der Waals surface area contributed by atoms with Crippen molar-refractivity contribution < 1.29 is 14.3 Å². The van der Waals surface area contributed by atoms with Gasteiger partial charge in [0.2, 0.25) is 0 Å². The molecule has 4 nitrogen and oxygen atoms in total. The lowest BCUT2D eigenvalue weighted by molar-refractivity contribution is -0.204. The Balaban J connectivity index is 2.27. The predicted molar refractivity (Wildman–Crippen MR) is 104 cm³/mol. The maximum atomic E-state index is 12.4. The fourth-order valence-electron chi connectivity index (χ4n) is 3.47. The summed E-state index contributed by atoms with van der Waals surface area (Å²) in [5, 5.41) is 10.7. The molecule has 5 heteroatoms. The van der Waals surface area contributed by atoms with E-state index in [0.717, 1.165) is 5.56 Å². The fraction of sp³-hybridized carbons (Fsp3) is 0.650. The average molecular weight is 364 g/mol. The monoisotopic (exact) mass is 363 g/mol. The van der Waals surface area contributed by atoms with Crippen LogP contribution in [-0.4, -0.2) is 42.0 Å². The van der Waals surface area contributed by atoms with Crippen molar-refractivity contribution in [1.82, 2.24) is 4.90 Å². The van der Waals surface area contributed by atoms with Gasteiger partial charge in [-0.1, -0.05) is 58.0 Å². The van der Waals surface area contributed by atoms with Crippen LogP contribution >= 0.6 is 0 Å². The van der Waals surface area contributed by atoms with Crippen LogP contribution in [0.1, 0.15) is 46.6 Å². The Morgan fingerprint density at radius 3 is 2.32 bits per heavy atom. The number of rotatable bonds is 6. The summed E-state index contributed by atoms with van der Waals surface area (Å²) < 4.78 is 6.57. The molecule has 0 unspecified atom stereocenters. The van der Waals surface area contributed by atoms with Gasteiger partial charge in [-0.25, -0.2) is 0 Å². The Morgan fingerprint density at radius 1 is 1.28 bits per heavy atom. The lowest BCUT2D eigenvalue weighted by Crippen LogP contribution is -2.78. The Morgan fingerprint density at radius 2 is 1.84 bits per heavy atom. The minimum atomic E-state index is -2.00.